The molecule has 0 fully saturated rings. The highest BCUT2D eigenvalue weighted by molar-refractivity contribution is 6.31. The molecule has 10 heteroatoms. The summed E-state index contributed by atoms with van der Waals surface area (Å²) >= 11 is 12.5. The topological polar surface area (TPSA) is 89.0 Å². The second-order valence-electron chi connectivity index (χ2n) is 10.1. The van der Waals surface area contributed by atoms with Gasteiger partial charge in [0.15, 0.2) is 0 Å². The van der Waals surface area contributed by atoms with E-state index in [9.17, 15) is 14.0 Å². The van der Waals surface area contributed by atoms with Crippen molar-refractivity contribution < 1.29 is 18.7 Å². The second kappa shape index (κ2) is 12.4. The minimum atomic E-state index is -0.436. The molecule has 0 radical (unpaired) electrons. The minimum absolute atomic E-state index is 0.213. The van der Waals surface area contributed by atoms with Crippen LogP contribution in [0.15, 0.2) is 97.3 Å². The van der Waals surface area contributed by atoms with Crippen LogP contribution in [0.2, 0.25) is 10.0 Å². The highest BCUT2D eigenvalue weighted by Gasteiger charge is 2.26. The van der Waals surface area contributed by atoms with Crippen molar-refractivity contribution in [3.8, 4) is 22.5 Å². The molecule has 7 nitrogen and oxygen atoms in total. The number of ether oxygens (including phenoxy) is 1. The standard InChI is InChI=1S/C34H25Cl2FN4O3/c1-44-34(43)23-6-2-20(3-7-23)17-38-33(42)31-29(27-15-12-25(36)16-28(27)40-31)32-30(22-8-13-26(37)14-9-22)39-19-41(32)18-21-4-10-24(35)11-5-21/h2-16,19,40H,17-18H2,1H3,(H,38,42). The van der Waals surface area contributed by atoms with Crippen LogP contribution < -0.4 is 5.32 Å². The summed E-state index contributed by atoms with van der Waals surface area (Å²) in [6, 6.07) is 25.8. The molecule has 0 saturated heterocycles. The number of H-pyrrole nitrogens is 1. The average Bonchev–Trinajstić information content (AvgIpc) is 3.61. The van der Waals surface area contributed by atoms with Crippen LogP contribution in [0.3, 0.4) is 0 Å². The number of aromatic amines is 1. The highest BCUT2D eigenvalue weighted by atomic mass is 35.5. The number of rotatable bonds is 8. The van der Waals surface area contributed by atoms with E-state index in [0.29, 0.717) is 55.9 Å². The van der Waals surface area contributed by atoms with Crippen LogP contribution in [0.5, 0.6) is 0 Å². The Morgan fingerprint density at radius 2 is 1.59 bits per heavy atom. The number of hydrogen-bond donors (Lipinski definition) is 2. The summed E-state index contributed by atoms with van der Waals surface area (Å²) in [6.07, 6.45) is 1.71. The van der Waals surface area contributed by atoms with Crippen molar-refractivity contribution in [3.05, 3.63) is 136 Å². The molecule has 44 heavy (non-hydrogen) atoms. The Morgan fingerprint density at radius 3 is 2.30 bits per heavy atom. The predicted molar refractivity (Wildman–Crippen MR) is 169 cm³/mol. The molecule has 0 aliphatic rings. The molecule has 1 amide bonds. The Hall–Kier alpha value is -4.92. The van der Waals surface area contributed by atoms with Gasteiger partial charge in [0.25, 0.3) is 5.91 Å². The van der Waals surface area contributed by atoms with Gasteiger partial charge in [0.1, 0.15) is 11.5 Å². The summed E-state index contributed by atoms with van der Waals surface area (Å²) in [5.41, 5.74) is 5.75. The van der Waals surface area contributed by atoms with Crippen molar-refractivity contribution in [2.24, 2.45) is 0 Å². The number of hydrogen-bond acceptors (Lipinski definition) is 4. The normalized spacial score (nSPS) is 11.1. The third-order valence-electron chi connectivity index (χ3n) is 7.27. The van der Waals surface area contributed by atoms with E-state index in [4.69, 9.17) is 32.9 Å². The molecule has 6 rings (SSSR count). The first-order valence-corrected chi connectivity index (χ1v) is 14.4. The van der Waals surface area contributed by atoms with Gasteiger partial charge in [-0.2, -0.15) is 0 Å². The molecule has 0 saturated carbocycles. The summed E-state index contributed by atoms with van der Waals surface area (Å²) in [7, 11) is 1.32. The van der Waals surface area contributed by atoms with Gasteiger partial charge in [0.05, 0.1) is 30.4 Å². The molecule has 220 valence electrons. The fourth-order valence-corrected chi connectivity index (χ4v) is 5.40. The second-order valence-corrected chi connectivity index (χ2v) is 11.0. The number of nitrogens with one attached hydrogen (secondary N) is 2. The van der Waals surface area contributed by atoms with Gasteiger partial charge in [-0.15, -0.1) is 0 Å². The first kappa shape index (κ1) is 29.2. The van der Waals surface area contributed by atoms with Crippen LogP contribution in [-0.2, 0) is 17.8 Å². The molecule has 0 spiro atoms. The van der Waals surface area contributed by atoms with Crippen LogP contribution in [0, 0.1) is 5.82 Å². The number of halogens is 3. The van der Waals surface area contributed by atoms with Crippen LogP contribution in [-0.4, -0.2) is 33.5 Å². The van der Waals surface area contributed by atoms with E-state index >= 15 is 0 Å². The number of carbonyl (C=O) groups is 2. The lowest BCUT2D eigenvalue weighted by atomic mass is 10.0. The SMILES string of the molecule is COC(=O)c1ccc(CNC(=O)c2[nH]c3cc(Cl)ccc3c2-c2c(-c3ccc(F)cc3)ncn2Cc2ccc(Cl)cc2)cc1. The quantitative estimate of drug-likeness (QED) is 0.168. The Kier molecular flexibility index (Phi) is 8.19. The number of benzene rings is 4. The lowest BCUT2D eigenvalue weighted by molar-refractivity contribution is 0.0600. The molecule has 0 aliphatic heterocycles. The number of imidazole rings is 1. The summed E-state index contributed by atoms with van der Waals surface area (Å²) < 4.78 is 20.6. The van der Waals surface area contributed by atoms with Crippen LogP contribution in [0.25, 0.3) is 33.4 Å². The maximum Gasteiger partial charge on any atom is 0.337 e. The number of methoxy groups -OCH3 is 1. The molecular formula is C34H25Cl2FN4O3. The summed E-state index contributed by atoms with van der Waals surface area (Å²) in [4.78, 5) is 33.7. The molecule has 2 N–H and O–H groups in total. The minimum Gasteiger partial charge on any atom is -0.465 e. The molecular weight excluding hydrogens is 602 g/mol. The van der Waals surface area contributed by atoms with E-state index in [0.717, 1.165) is 16.5 Å². The number of aromatic nitrogens is 3. The maximum absolute atomic E-state index is 13.9. The molecule has 2 aromatic heterocycles. The molecule has 0 atom stereocenters. The molecule has 0 bridgehead atoms. The number of nitrogens with zero attached hydrogens (tertiary/aromatic N) is 2. The lowest BCUT2D eigenvalue weighted by Crippen LogP contribution is -2.24. The van der Waals surface area contributed by atoms with E-state index in [-0.39, 0.29) is 18.3 Å². The largest absolute Gasteiger partial charge is 0.465 e. The van der Waals surface area contributed by atoms with Gasteiger partial charge >= 0.3 is 5.97 Å². The Morgan fingerprint density at radius 1 is 0.909 bits per heavy atom. The van der Waals surface area contributed by atoms with Crippen molar-refractivity contribution in [2.75, 3.05) is 7.11 Å². The summed E-state index contributed by atoms with van der Waals surface area (Å²) in [5, 5.41) is 4.89. The van der Waals surface area contributed by atoms with Crippen LogP contribution >= 0.6 is 23.2 Å². The predicted octanol–water partition coefficient (Wildman–Crippen LogP) is 7.91. The van der Waals surface area contributed by atoms with Gasteiger partial charge in [-0.05, 0) is 71.8 Å². The number of fused-ring (bicyclic) bond motifs is 1. The Balaban J connectivity index is 1.45. The van der Waals surface area contributed by atoms with Gasteiger partial charge in [0, 0.05) is 45.2 Å². The van der Waals surface area contributed by atoms with E-state index in [1.54, 1.807) is 54.9 Å². The van der Waals surface area contributed by atoms with Crippen molar-refractivity contribution in [2.45, 2.75) is 13.1 Å². The molecule has 4 aromatic carbocycles. The zero-order valence-electron chi connectivity index (χ0n) is 23.4. The van der Waals surface area contributed by atoms with E-state index in [2.05, 4.69) is 10.3 Å². The van der Waals surface area contributed by atoms with Crippen molar-refractivity contribution in [3.63, 3.8) is 0 Å². The van der Waals surface area contributed by atoms with Gasteiger partial charge in [-0.3, -0.25) is 4.79 Å². The summed E-state index contributed by atoms with van der Waals surface area (Å²) in [6.45, 7) is 0.652. The molecule has 0 unspecified atom stereocenters. The number of amides is 1. The zero-order valence-corrected chi connectivity index (χ0v) is 24.9. The Bertz CT molecular complexity index is 1980. The van der Waals surface area contributed by atoms with E-state index in [1.165, 1.54) is 19.2 Å². The monoisotopic (exact) mass is 626 g/mol. The van der Waals surface area contributed by atoms with Gasteiger partial charge in [0.2, 0.25) is 0 Å². The number of esters is 1. The third kappa shape index (κ3) is 5.95. The maximum atomic E-state index is 13.9. The fourth-order valence-electron chi connectivity index (χ4n) is 5.10. The first-order valence-electron chi connectivity index (χ1n) is 13.6. The van der Waals surface area contributed by atoms with Crippen molar-refractivity contribution in [1.29, 1.82) is 0 Å². The van der Waals surface area contributed by atoms with Gasteiger partial charge < -0.3 is 19.6 Å². The van der Waals surface area contributed by atoms with Crippen molar-refractivity contribution in [1.82, 2.24) is 19.9 Å². The van der Waals surface area contributed by atoms with Crippen LogP contribution in [0.1, 0.15) is 32.0 Å². The van der Waals surface area contributed by atoms with E-state index < -0.39 is 5.97 Å². The number of carbonyl (C=O) groups excluding carboxylic acids is 2. The van der Waals surface area contributed by atoms with E-state index in [1.807, 2.05) is 34.9 Å². The summed E-state index contributed by atoms with van der Waals surface area (Å²) in [5.74, 6) is -1.15. The first-order chi connectivity index (χ1) is 21.3. The average molecular weight is 628 g/mol. The van der Waals surface area contributed by atoms with Gasteiger partial charge in [-0.1, -0.05) is 53.5 Å². The highest BCUT2D eigenvalue weighted by Crippen LogP contribution is 2.39. The smallest absolute Gasteiger partial charge is 0.337 e. The van der Waals surface area contributed by atoms with Gasteiger partial charge in [-0.25, -0.2) is 14.2 Å². The Labute approximate surface area is 262 Å². The third-order valence-corrected chi connectivity index (χ3v) is 7.76. The zero-order chi connectivity index (χ0) is 30.8. The molecule has 6 aromatic rings. The molecule has 0 aliphatic carbocycles. The fraction of sp³-hybridized carbons (Fsp3) is 0.0882. The lowest BCUT2D eigenvalue weighted by Gasteiger charge is -2.13. The van der Waals surface area contributed by atoms with Crippen molar-refractivity contribution >= 4 is 46.0 Å². The molecule has 2 heterocycles. The van der Waals surface area contributed by atoms with Crippen LogP contribution in [0.4, 0.5) is 4.39 Å².